The van der Waals surface area contributed by atoms with Crippen molar-refractivity contribution in [2.75, 3.05) is 31.7 Å². The smallest absolute Gasteiger partial charge is 0.308 e. The van der Waals surface area contributed by atoms with Gasteiger partial charge in [-0.1, -0.05) is 0 Å². The predicted molar refractivity (Wildman–Crippen MR) is 60.6 cm³/mol. The first kappa shape index (κ1) is 11.8. The summed E-state index contributed by atoms with van der Waals surface area (Å²) in [4.78, 5) is 21.3. The summed E-state index contributed by atoms with van der Waals surface area (Å²) in [7, 11) is 1.38. The molecule has 2 rings (SSSR count). The van der Waals surface area contributed by atoms with Gasteiger partial charge in [0.1, 0.15) is 12.1 Å². The first-order chi connectivity index (χ1) is 8.29. The van der Waals surface area contributed by atoms with Gasteiger partial charge in [0.25, 0.3) is 0 Å². The van der Waals surface area contributed by atoms with Gasteiger partial charge in [0.2, 0.25) is 0 Å². The van der Waals surface area contributed by atoms with E-state index in [1.165, 1.54) is 13.4 Å². The normalized spacial score (nSPS) is 20.1. The number of ether oxygens (including phenoxy) is 2. The maximum absolute atomic E-state index is 11.2. The highest BCUT2D eigenvalue weighted by molar-refractivity contribution is 5.69. The number of morpholine rings is 1. The van der Waals surface area contributed by atoms with Crippen LogP contribution in [0.1, 0.15) is 6.42 Å². The van der Waals surface area contributed by atoms with E-state index in [0.29, 0.717) is 13.2 Å². The number of carbonyl (C=O) groups is 1. The van der Waals surface area contributed by atoms with E-state index in [-0.39, 0.29) is 18.5 Å². The lowest BCUT2D eigenvalue weighted by Gasteiger charge is -2.33. The predicted octanol–water partition coefficient (Wildman–Crippen LogP) is 0.245. The molecule has 6 heteroatoms. The van der Waals surface area contributed by atoms with E-state index in [1.807, 2.05) is 6.07 Å². The van der Waals surface area contributed by atoms with Crippen LogP contribution in [0.5, 0.6) is 0 Å². The van der Waals surface area contributed by atoms with Gasteiger partial charge in [-0.05, 0) is 6.07 Å². The standard InChI is InChI=1S/C11H15N3O3/c1-16-11(15)6-9-7-14(4-5-17-9)10-2-3-12-8-13-10/h2-3,8-9H,4-7H2,1H3. The van der Waals surface area contributed by atoms with E-state index in [2.05, 4.69) is 19.6 Å². The minimum Gasteiger partial charge on any atom is -0.469 e. The molecule has 1 saturated heterocycles. The average Bonchev–Trinajstić information content (AvgIpc) is 2.40. The van der Waals surface area contributed by atoms with Crippen LogP contribution >= 0.6 is 0 Å². The first-order valence-electron chi connectivity index (χ1n) is 5.49. The molecule has 0 N–H and O–H groups in total. The average molecular weight is 237 g/mol. The minimum atomic E-state index is -0.250. The van der Waals surface area contributed by atoms with Crippen LogP contribution in [0.4, 0.5) is 5.82 Å². The van der Waals surface area contributed by atoms with Crippen molar-refractivity contribution in [3.05, 3.63) is 18.6 Å². The fourth-order valence-corrected chi connectivity index (χ4v) is 1.79. The summed E-state index contributed by atoms with van der Waals surface area (Å²) in [5, 5.41) is 0. The summed E-state index contributed by atoms with van der Waals surface area (Å²) in [6.45, 7) is 2.01. The molecule has 1 aromatic heterocycles. The van der Waals surface area contributed by atoms with Crippen LogP contribution in [-0.4, -0.2) is 48.8 Å². The van der Waals surface area contributed by atoms with Crippen LogP contribution in [0.2, 0.25) is 0 Å². The monoisotopic (exact) mass is 237 g/mol. The topological polar surface area (TPSA) is 64.5 Å². The molecule has 1 aliphatic rings. The Kier molecular flexibility index (Phi) is 3.87. The van der Waals surface area contributed by atoms with Gasteiger partial charge in [-0.3, -0.25) is 4.79 Å². The van der Waals surface area contributed by atoms with Crippen molar-refractivity contribution < 1.29 is 14.3 Å². The molecule has 1 aliphatic heterocycles. The quantitative estimate of drug-likeness (QED) is 0.702. The summed E-state index contributed by atoms with van der Waals surface area (Å²) in [5.41, 5.74) is 0. The van der Waals surface area contributed by atoms with E-state index in [0.717, 1.165) is 12.4 Å². The second-order valence-electron chi connectivity index (χ2n) is 3.79. The van der Waals surface area contributed by atoms with Crippen LogP contribution < -0.4 is 4.90 Å². The Morgan fingerprint density at radius 2 is 2.59 bits per heavy atom. The highest BCUT2D eigenvalue weighted by Crippen LogP contribution is 2.15. The van der Waals surface area contributed by atoms with E-state index < -0.39 is 0 Å². The van der Waals surface area contributed by atoms with Crippen LogP contribution in [-0.2, 0) is 14.3 Å². The molecule has 0 saturated carbocycles. The Morgan fingerprint density at radius 1 is 1.71 bits per heavy atom. The van der Waals surface area contributed by atoms with E-state index in [9.17, 15) is 4.79 Å². The number of hydrogen-bond acceptors (Lipinski definition) is 6. The van der Waals surface area contributed by atoms with Crippen molar-refractivity contribution in [2.45, 2.75) is 12.5 Å². The lowest BCUT2D eigenvalue weighted by Crippen LogP contribution is -2.43. The maximum Gasteiger partial charge on any atom is 0.308 e. The van der Waals surface area contributed by atoms with Crippen molar-refractivity contribution in [1.82, 2.24) is 9.97 Å². The van der Waals surface area contributed by atoms with Gasteiger partial charge >= 0.3 is 5.97 Å². The zero-order valence-corrected chi connectivity index (χ0v) is 9.70. The summed E-state index contributed by atoms with van der Waals surface area (Å²) in [6, 6.07) is 1.85. The molecule has 0 aromatic carbocycles. The van der Waals surface area contributed by atoms with Gasteiger partial charge in [-0.2, -0.15) is 0 Å². The minimum absolute atomic E-state index is 0.133. The summed E-state index contributed by atoms with van der Waals surface area (Å²) >= 11 is 0. The van der Waals surface area contributed by atoms with Gasteiger partial charge in [-0.25, -0.2) is 9.97 Å². The van der Waals surface area contributed by atoms with Gasteiger partial charge in [-0.15, -0.1) is 0 Å². The van der Waals surface area contributed by atoms with Crippen LogP contribution in [0.3, 0.4) is 0 Å². The highest BCUT2D eigenvalue weighted by Gasteiger charge is 2.23. The second-order valence-corrected chi connectivity index (χ2v) is 3.79. The number of hydrogen-bond donors (Lipinski definition) is 0. The molecule has 1 aromatic rings. The zero-order chi connectivity index (χ0) is 12.1. The van der Waals surface area contributed by atoms with Gasteiger partial charge in [0.15, 0.2) is 0 Å². The summed E-state index contributed by atoms with van der Waals surface area (Å²) < 4.78 is 10.1. The second kappa shape index (κ2) is 5.58. The Hall–Kier alpha value is -1.69. The molecular weight excluding hydrogens is 222 g/mol. The molecule has 1 atom stereocenters. The number of rotatable bonds is 3. The van der Waals surface area contributed by atoms with Crippen molar-refractivity contribution in [1.29, 1.82) is 0 Å². The number of aromatic nitrogens is 2. The van der Waals surface area contributed by atoms with Crippen LogP contribution in [0.25, 0.3) is 0 Å². The highest BCUT2D eigenvalue weighted by atomic mass is 16.5. The third-order valence-electron chi connectivity index (χ3n) is 2.65. The van der Waals surface area contributed by atoms with Crippen LogP contribution in [0, 0.1) is 0 Å². The fourth-order valence-electron chi connectivity index (χ4n) is 1.79. The lowest BCUT2D eigenvalue weighted by molar-refractivity contribution is -0.144. The molecule has 0 spiro atoms. The molecule has 0 radical (unpaired) electrons. The fraction of sp³-hybridized carbons (Fsp3) is 0.545. The first-order valence-corrected chi connectivity index (χ1v) is 5.49. The Morgan fingerprint density at radius 3 is 3.29 bits per heavy atom. The molecule has 2 heterocycles. The molecule has 17 heavy (non-hydrogen) atoms. The zero-order valence-electron chi connectivity index (χ0n) is 9.70. The third kappa shape index (κ3) is 3.13. The van der Waals surface area contributed by atoms with Crippen molar-refractivity contribution >= 4 is 11.8 Å². The lowest BCUT2D eigenvalue weighted by atomic mass is 10.2. The van der Waals surface area contributed by atoms with Gasteiger partial charge in [0.05, 0.1) is 26.2 Å². The molecule has 0 bridgehead atoms. The molecule has 0 amide bonds. The molecule has 1 fully saturated rings. The number of esters is 1. The molecule has 92 valence electrons. The van der Waals surface area contributed by atoms with E-state index in [4.69, 9.17) is 4.74 Å². The number of carbonyl (C=O) groups excluding carboxylic acids is 1. The van der Waals surface area contributed by atoms with E-state index >= 15 is 0 Å². The van der Waals surface area contributed by atoms with Gasteiger partial charge in [0, 0.05) is 19.3 Å². The maximum atomic E-state index is 11.2. The van der Waals surface area contributed by atoms with Gasteiger partial charge < -0.3 is 14.4 Å². The SMILES string of the molecule is COC(=O)CC1CN(c2ccncn2)CCO1. The molecule has 1 unspecified atom stereocenters. The largest absolute Gasteiger partial charge is 0.469 e. The number of nitrogens with zero attached hydrogens (tertiary/aromatic N) is 3. The van der Waals surface area contributed by atoms with Crippen molar-refractivity contribution in [3.8, 4) is 0 Å². The summed E-state index contributed by atoms with van der Waals surface area (Å²) in [6.07, 6.45) is 3.36. The summed E-state index contributed by atoms with van der Waals surface area (Å²) in [5.74, 6) is 0.609. The molecule has 6 nitrogen and oxygen atoms in total. The van der Waals surface area contributed by atoms with Crippen LogP contribution in [0.15, 0.2) is 18.6 Å². The molecular formula is C11H15N3O3. The Balaban J connectivity index is 1.95. The molecule has 0 aliphatic carbocycles. The Bertz CT molecular complexity index is 371. The number of methoxy groups -OCH3 is 1. The Labute approximate surface area is 99.6 Å². The van der Waals surface area contributed by atoms with Crippen molar-refractivity contribution in [3.63, 3.8) is 0 Å². The van der Waals surface area contributed by atoms with E-state index in [1.54, 1.807) is 6.20 Å². The number of anilines is 1. The van der Waals surface area contributed by atoms with Crippen molar-refractivity contribution in [2.24, 2.45) is 0 Å². The third-order valence-corrected chi connectivity index (χ3v) is 2.65.